The van der Waals surface area contributed by atoms with E-state index < -0.39 is 0 Å². The molecule has 17 heavy (non-hydrogen) atoms. The second-order valence-electron chi connectivity index (χ2n) is 5.87. The minimum Gasteiger partial charge on any atom is -0.395 e. The molecule has 0 aliphatic heterocycles. The fraction of sp³-hybridized carbons (Fsp3) is 0.600. The van der Waals surface area contributed by atoms with E-state index in [0.29, 0.717) is 6.04 Å². The fourth-order valence-electron chi connectivity index (χ4n) is 2.72. The molecule has 2 rings (SSSR count). The van der Waals surface area contributed by atoms with Gasteiger partial charge < -0.3 is 10.4 Å². The minimum absolute atomic E-state index is 0.144. The zero-order chi connectivity index (χ0) is 12.5. The number of aliphatic hydroxyl groups is 1. The van der Waals surface area contributed by atoms with E-state index in [9.17, 15) is 5.11 Å². The van der Waals surface area contributed by atoms with E-state index in [1.165, 1.54) is 17.5 Å². The highest BCUT2D eigenvalue weighted by Gasteiger charge is 2.35. The lowest BCUT2D eigenvalue weighted by Crippen LogP contribution is -2.43. The van der Waals surface area contributed by atoms with Gasteiger partial charge in [0.1, 0.15) is 0 Å². The summed E-state index contributed by atoms with van der Waals surface area (Å²) < 4.78 is 0. The van der Waals surface area contributed by atoms with Crippen molar-refractivity contribution in [3.8, 4) is 0 Å². The number of nitrogens with one attached hydrogen (secondary N) is 1. The Balaban J connectivity index is 2.32. The van der Waals surface area contributed by atoms with Gasteiger partial charge in [0.25, 0.3) is 0 Å². The van der Waals surface area contributed by atoms with Gasteiger partial charge in [-0.15, -0.1) is 0 Å². The summed E-state index contributed by atoms with van der Waals surface area (Å²) in [5.74, 6) is 0. The molecule has 1 aliphatic carbocycles. The first-order chi connectivity index (χ1) is 8.04. The van der Waals surface area contributed by atoms with E-state index in [0.717, 1.165) is 6.42 Å². The van der Waals surface area contributed by atoms with Crippen LogP contribution in [0.15, 0.2) is 24.3 Å². The molecule has 2 atom stereocenters. The van der Waals surface area contributed by atoms with Gasteiger partial charge in [-0.2, -0.15) is 0 Å². The Morgan fingerprint density at radius 3 is 2.82 bits per heavy atom. The summed E-state index contributed by atoms with van der Waals surface area (Å²) >= 11 is 0. The standard InChI is InChI=1S/C15H23NO/c1-11(10-17)16-14-13-7-5-4-6-12(13)8-9-15(14,2)3/h4-7,11,14,16-17H,8-10H2,1-3H3. The maximum Gasteiger partial charge on any atom is 0.0582 e. The van der Waals surface area contributed by atoms with E-state index in [2.05, 4.69) is 43.4 Å². The molecule has 0 spiro atoms. The minimum atomic E-state index is 0.144. The summed E-state index contributed by atoms with van der Waals surface area (Å²) in [5.41, 5.74) is 3.11. The molecule has 0 fully saturated rings. The number of aliphatic hydroxyl groups excluding tert-OH is 1. The number of aryl methyl sites for hydroxylation is 1. The van der Waals surface area contributed by atoms with Crippen LogP contribution in [-0.4, -0.2) is 17.8 Å². The quantitative estimate of drug-likeness (QED) is 0.841. The van der Waals surface area contributed by atoms with E-state index in [4.69, 9.17) is 0 Å². The van der Waals surface area contributed by atoms with E-state index in [1.54, 1.807) is 0 Å². The third kappa shape index (κ3) is 2.53. The molecular weight excluding hydrogens is 210 g/mol. The third-order valence-corrected chi connectivity index (χ3v) is 3.91. The van der Waals surface area contributed by atoms with Gasteiger partial charge in [0, 0.05) is 12.1 Å². The normalized spacial score (nSPS) is 24.1. The summed E-state index contributed by atoms with van der Waals surface area (Å²) in [6, 6.07) is 9.16. The fourth-order valence-corrected chi connectivity index (χ4v) is 2.72. The van der Waals surface area contributed by atoms with E-state index in [-0.39, 0.29) is 18.1 Å². The van der Waals surface area contributed by atoms with Crippen LogP contribution in [-0.2, 0) is 6.42 Å². The van der Waals surface area contributed by atoms with Crippen molar-refractivity contribution in [2.75, 3.05) is 6.61 Å². The lowest BCUT2D eigenvalue weighted by molar-refractivity contribution is 0.167. The van der Waals surface area contributed by atoms with Gasteiger partial charge in [0.2, 0.25) is 0 Å². The molecule has 2 N–H and O–H groups in total. The number of benzene rings is 1. The number of hydrogen-bond acceptors (Lipinski definition) is 2. The predicted molar refractivity (Wildman–Crippen MR) is 71.0 cm³/mol. The summed E-state index contributed by atoms with van der Waals surface area (Å²) in [4.78, 5) is 0. The first-order valence-electron chi connectivity index (χ1n) is 6.49. The van der Waals surface area contributed by atoms with Crippen molar-refractivity contribution < 1.29 is 5.11 Å². The summed E-state index contributed by atoms with van der Waals surface area (Å²) in [6.07, 6.45) is 2.36. The molecule has 1 aromatic rings. The Morgan fingerprint density at radius 1 is 1.41 bits per heavy atom. The Kier molecular flexibility index (Phi) is 3.55. The molecule has 94 valence electrons. The van der Waals surface area contributed by atoms with Crippen LogP contribution in [0.1, 0.15) is 44.4 Å². The third-order valence-electron chi connectivity index (χ3n) is 3.91. The highest BCUT2D eigenvalue weighted by molar-refractivity contribution is 5.34. The van der Waals surface area contributed by atoms with Crippen LogP contribution in [0.5, 0.6) is 0 Å². The molecule has 0 saturated carbocycles. The summed E-state index contributed by atoms with van der Waals surface area (Å²) in [6.45, 7) is 6.84. The molecule has 0 radical (unpaired) electrons. The predicted octanol–water partition coefficient (Wildman–Crippen LogP) is 2.67. The van der Waals surface area contributed by atoms with Gasteiger partial charge in [-0.1, -0.05) is 38.1 Å². The van der Waals surface area contributed by atoms with Gasteiger partial charge in [-0.25, -0.2) is 0 Å². The monoisotopic (exact) mass is 233 g/mol. The summed E-state index contributed by atoms with van der Waals surface area (Å²) in [7, 11) is 0. The van der Waals surface area contributed by atoms with Crippen molar-refractivity contribution in [1.82, 2.24) is 5.32 Å². The Bertz CT molecular complexity index is 386. The lowest BCUT2D eigenvalue weighted by Gasteiger charge is -2.42. The first-order valence-corrected chi connectivity index (χ1v) is 6.49. The van der Waals surface area contributed by atoms with Gasteiger partial charge in [-0.05, 0) is 36.3 Å². The van der Waals surface area contributed by atoms with E-state index in [1.807, 2.05) is 6.92 Å². The molecule has 0 amide bonds. The van der Waals surface area contributed by atoms with Gasteiger partial charge in [-0.3, -0.25) is 0 Å². The Hall–Kier alpha value is -0.860. The average molecular weight is 233 g/mol. The van der Waals surface area contributed by atoms with Crippen molar-refractivity contribution in [2.45, 2.75) is 45.7 Å². The van der Waals surface area contributed by atoms with Gasteiger partial charge >= 0.3 is 0 Å². The van der Waals surface area contributed by atoms with Crippen molar-refractivity contribution in [3.05, 3.63) is 35.4 Å². The second-order valence-corrected chi connectivity index (χ2v) is 5.87. The Labute approximate surface area is 104 Å². The molecule has 2 unspecified atom stereocenters. The molecule has 2 nitrogen and oxygen atoms in total. The van der Waals surface area contributed by atoms with Crippen LogP contribution in [0, 0.1) is 5.41 Å². The van der Waals surface area contributed by atoms with Crippen molar-refractivity contribution in [2.24, 2.45) is 5.41 Å². The first kappa shape index (κ1) is 12.6. The van der Waals surface area contributed by atoms with Gasteiger partial charge in [0.15, 0.2) is 0 Å². The van der Waals surface area contributed by atoms with E-state index >= 15 is 0 Å². The topological polar surface area (TPSA) is 32.3 Å². The second kappa shape index (κ2) is 4.79. The lowest BCUT2D eigenvalue weighted by atomic mass is 9.70. The molecule has 0 heterocycles. The molecule has 2 heteroatoms. The maximum atomic E-state index is 9.22. The molecule has 1 aromatic carbocycles. The molecule has 0 saturated heterocycles. The van der Waals surface area contributed by atoms with Crippen molar-refractivity contribution in [1.29, 1.82) is 0 Å². The number of fused-ring (bicyclic) bond motifs is 1. The van der Waals surface area contributed by atoms with Crippen LogP contribution >= 0.6 is 0 Å². The van der Waals surface area contributed by atoms with Crippen LogP contribution in [0.2, 0.25) is 0 Å². The SMILES string of the molecule is CC(CO)NC1c2ccccc2CCC1(C)C. The molecule has 1 aliphatic rings. The molecule has 0 bridgehead atoms. The van der Waals surface area contributed by atoms with Crippen LogP contribution < -0.4 is 5.32 Å². The van der Waals surface area contributed by atoms with Crippen LogP contribution in [0.3, 0.4) is 0 Å². The smallest absolute Gasteiger partial charge is 0.0582 e. The molecule has 0 aromatic heterocycles. The van der Waals surface area contributed by atoms with Gasteiger partial charge in [0.05, 0.1) is 6.61 Å². The largest absolute Gasteiger partial charge is 0.395 e. The van der Waals surface area contributed by atoms with Crippen LogP contribution in [0.4, 0.5) is 0 Å². The zero-order valence-electron chi connectivity index (χ0n) is 11.0. The van der Waals surface area contributed by atoms with Crippen molar-refractivity contribution in [3.63, 3.8) is 0 Å². The highest BCUT2D eigenvalue weighted by atomic mass is 16.3. The number of hydrogen-bond donors (Lipinski definition) is 2. The number of rotatable bonds is 3. The summed E-state index contributed by atoms with van der Waals surface area (Å²) in [5, 5.41) is 12.8. The highest BCUT2D eigenvalue weighted by Crippen LogP contribution is 2.43. The van der Waals surface area contributed by atoms with Crippen LogP contribution in [0.25, 0.3) is 0 Å². The zero-order valence-corrected chi connectivity index (χ0v) is 11.0. The maximum absolute atomic E-state index is 9.22. The molecular formula is C15H23NO. The van der Waals surface area contributed by atoms with Crippen molar-refractivity contribution >= 4 is 0 Å². The average Bonchev–Trinajstić information content (AvgIpc) is 2.32. The Morgan fingerprint density at radius 2 is 2.12 bits per heavy atom.